The van der Waals surface area contributed by atoms with Gasteiger partial charge in [0.05, 0.1) is 23.9 Å². The van der Waals surface area contributed by atoms with Gasteiger partial charge in [0.25, 0.3) is 0 Å². The van der Waals surface area contributed by atoms with Crippen LogP contribution >= 0.6 is 11.8 Å². The van der Waals surface area contributed by atoms with E-state index in [0.29, 0.717) is 17.0 Å². The molecule has 0 atom stereocenters. The molecule has 5 nitrogen and oxygen atoms in total. The van der Waals surface area contributed by atoms with Gasteiger partial charge in [-0.25, -0.2) is 9.78 Å². The van der Waals surface area contributed by atoms with Crippen molar-refractivity contribution in [2.75, 3.05) is 7.11 Å². The Labute approximate surface area is 173 Å². The summed E-state index contributed by atoms with van der Waals surface area (Å²) in [6.45, 7) is 4.01. The Balaban J connectivity index is 1.71. The van der Waals surface area contributed by atoms with Crippen molar-refractivity contribution in [2.45, 2.75) is 24.8 Å². The van der Waals surface area contributed by atoms with Crippen molar-refractivity contribution in [3.8, 4) is 5.69 Å². The molecule has 0 bridgehead atoms. The number of ether oxygens (including phenoxy) is 1. The minimum Gasteiger partial charge on any atom is -0.465 e. The lowest BCUT2D eigenvalue weighted by Gasteiger charge is -2.13. The van der Waals surface area contributed by atoms with Crippen LogP contribution < -0.4 is 0 Å². The van der Waals surface area contributed by atoms with Crippen LogP contribution in [0.25, 0.3) is 16.6 Å². The van der Waals surface area contributed by atoms with Crippen LogP contribution in [0.3, 0.4) is 0 Å². The minimum atomic E-state index is -0.363. The third-order valence-corrected chi connectivity index (χ3v) is 5.82. The molecule has 0 fully saturated rings. The van der Waals surface area contributed by atoms with E-state index in [1.807, 2.05) is 48.0 Å². The van der Waals surface area contributed by atoms with Crippen molar-refractivity contribution < 1.29 is 9.53 Å². The molecule has 0 aliphatic heterocycles. The van der Waals surface area contributed by atoms with Gasteiger partial charge in [0.15, 0.2) is 5.16 Å². The Kier molecular flexibility index (Phi) is 5.36. The van der Waals surface area contributed by atoms with E-state index in [-0.39, 0.29) is 5.97 Å². The Morgan fingerprint density at radius 1 is 1.14 bits per heavy atom. The molecule has 4 aromatic rings. The zero-order chi connectivity index (χ0) is 20.4. The summed E-state index contributed by atoms with van der Waals surface area (Å²) < 4.78 is 7.09. The standard InChI is InChI=1S/C23H21N3O2S/c1-15-7-6-8-17(13-15)26-12-11-24-23(26)29-14-20-21(22(27)28-3)16(2)18-9-4-5-10-19(18)25-20/h4-13H,14H2,1-3H3. The smallest absolute Gasteiger partial charge is 0.340 e. The second-order valence-corrected chi connectivity index (χ2v) is 7.72. The lowest BCUT2D eigenvalue weighted by atomic mass is 10.0. The van der Waals surface area contributed by atoms with Crippen LogP contribution in [0.15, 0.2) is 66.1 Å². The van der Waals surface area contributed by atoms with E-state index in [4.69, 9.17) is 9.72 Å². The molecular weight excluding hydrogens is 382 g/mol. The van der Waals surface area contributed by atoms with Gasteiger partial charge in [0.1, 0.15) is 0 Å². The first-order valence-electron chi connectivity index (χ1n) is 9.28. The number of hydrogen-bond donors (Lipinski definition) is 0. The number of aromatic nitrogens is 3. The summed E-state index contributed by atoms with van der Waals surface area (Å²) in [5.74, 6) is 0.150. The van der Waals surface area contributed by atoms with Gasteiger partial charge in [-0.3, -0.25) is 9.55 Å². The Bertz CT molecular complexity index is 1200. The molecule has 0 aliphatic rings. The second kappa shape index (κ2) is 8.09. The molecule has 0 saturated heterocycles. The number of nitrogens with zero attached hydrogens (tertiary/aromatic N) is 3. The lowest BCUT2D eigenvalue weighted by molar-refractivity contribution is 0.0598. The molecule has 0 N–H and O–H groups in total. The molecule has 0 spiro atoms. The number of thioether (sulfide) groups is 1. The summed E-state index contributed by atoms with van der Waals surface area (Å²) >= 11 is 1.55. The van der Waals surface area contributed by atoms with Crippen molar-refractivity contribution in [2.24, 2.45) is 0 Å². The van der Waals surface area contributed by atoms with Gasteiger partial charge >= 0.3 is 5.97 Å². The predicted octanol–water partition coefficient (Wildman–Crippen LogP) is 5.12. The van der Waals surface area contributed by atoms with Crippen LogP contribution in [-0.4, -0.2) is 27.6 Å². The number of rotatable bonds is 5. The first kappa shape index (κ1) is 19.2. The SMILES string of the molecule is COC(=O)c1c(CSc2nccn2-c2cccc(C)c2)nc2ccccc2c1C. The van der Waals surface area contributed by atoms with Gasteiger partial charge in [-0.05, 0) is 43.2 Å². The number of aryl methyl sites for hydroxylation is 2. The maximum atomic E-state index is 12.5. The molecule has 0 aliphatic carbocycles. The van der Waals surface area contributed by atoms with E-state index in [0.717, 1.165) is 27.3 Å². The van der Waals surface area contributed by atoms with Crippen LogP contribution in [0.2, 0.25) is 0 Å². The highest BCUT2D eigenvalue weighted by Crippen LogP contribution is 2.29. The third-order valence-electron chi connectivity index (χ3n) is 4.84. The third kappa shape index (κ3) is 3.76. The summed E-state index contributed by atoms with van der Waals surface area (Å²) in [6, 6.07) is 16.1. The van der Waals surface area contributed by atoms with Gasteiger partial charge < -0.3 is 4.74 Å². The number of imidazole rings is 1. The van der Waals surface area contributed by atoms with Crippen molar-refractivity contribution >= 4 is 28.6 Å². The summed E-state index contributed by atoms with van der Waals surface area (Å²) in [6.07, 6.45) is 3.72. The average Bonchev–Trinajstić information content (AvgIpc) is 3.20. The van der Waals surface area contributed by atoms with Crippen LogP contribution in [0.5, 0.6) is 0 Å². The van der Waals surface area contributed by atoms with Gasteiger partial charge in [0, 0.05) is 29.2 Å². The van der Waals surface area contributed by atoms with Crippen LogP contribution in [0, 0.1) is 13.8 Å². The largest absolute Gasteiger partial charge is 0.465 e. The van der Waals surface area contributed by atoms with Gasteiger partial charge in [0.2, 0.25) is 0 Å². The monoisotopic (exact) mass is 403 g/mol. The van der Waals surface area contributed by atoms with Crippen LogP contribution in [0.4, 0.5) is 0 Å². The number of esters is 1. The van der Waals surface area contributed by atoms with E-state index in [9.17, 15) is 4.79 Å². The molecule has 0 amide bonds. The van der Waals surface area contributed by atoms with E-state index in [2.05, 4.69) is 30.1 Å². The second-order valence-electron chi connectivity index (χ2n) is 6.77. The Morgan fingerprint density at radius 3 is 2.76 bits per heavy atom. The normalized spacial score (nSPS) is 11.0. The Hall–Kier alpha value is -3.12. The van der Waals surface area contributed by atoms with Crippen LogP contribution in [0.1, 0.15) is 27.2 Å². The maximum Gasteiger partial charge on any atom is 0.340 e. The zero-order valence-electron chi connectivity index (χ0n) is 16.5. The number of methoxy groups -OCH3 is 1. The topological polar surface area (TPSA) is 57.0 Å². The summed E-state index contributed by atoms with van der Waals surface area (Å²) in [5, 5.41) is 1.81. The summed E-state index contributed by atoms with van der Waals surface area (Å²) in [4.78, 5) is 21.8. The molecule has 2 aromatic carbocycles. The number of hydrogen-bond acceptors (Lipinski definition) is 5. The highest BCUT2D eigenvalue weighted by Gasteiger charge is 2.20. The lowest BCUT2D eigenvalue weighted by Crippen LogP contribution is -2.10. The maximum absolute atomic E-state index is 12.5. The molecule has 2 heterocycles. The van der Waals surface area contributed by atoms with E-state index >= 15 is 0 Å². The molecule has 0 saturated carbocycles. The molecule has 0 radical (unpaired) electrons. The first-order valence-corrected chi connectivity index (χ1v) is 10.3. The minimum absolute atomic E-state index is 0.363. The van der Waals surface area contributed by atoms with E-state index < -0.39 is 0 Å². The number of fused-ring (bicyclic) bond motifs is 1. The molecular formula is C23H21N3O2S. The Morgan fingerprint density at radius 2 is 1.97 bits per heavy atom. The van der Waals surface area contributed by atoms with Crippen molar-refractivity contribution in [3.63, 3.8) is 0 Å². The van der Waals surface area contributed by atoms with Crippen molar-refractivity contribution in [1.82, 2.24) is 14.5 Å². The molecule has 4 rings (SSSR count). The molecule has 29 heavy (non-hydrogen) atoms. The fourth-order valence-corrected chi connectivity index (χ4v) is 4.34. The fraction of sp³-hybridized carbons (Fsp3) is 0.174. The van der Waals surface area contributed by atoms with E-state index in [1.54, 1.807) is 18.0 Å². The highest BCUT2D eigenvalue weighted by atomic mass is 32.2. The number of carbonyl (C=O) groups is 1. The molecule has 2 aromatic heterocycles. The van der Waals surface area contributed by atoms with Crippen molar-refractivity contribution in [3.05, 3.63) is 83.3 Å². The van der Waals surface area contributed by atoms with Gasteiger partial charge in [-0.2, -0.15) is 0 Å². The average molecular weight is 404 g/mol. The van der Waals surface area contributed by atoms with Crippen molar-refractivity contribution in [1.29, 1.82) is 0 Å². The quantitative estimate of drug-likeness (QED) is 0.342. The summed E-state index contributed by atoms with van der Waals surface area (Å²) in [7, 11) is 1.40. The number of pyridine rings is 1. The van der Waals surface area contributed by atoms with Gasteiger partial charge in [-0.1, -0.05) is 42.1 Å². The van der Waals surface area contributed by atoms with Crippen LogP contribution in [-0.2, 0) is 10.5 Å². The molecule has 6 heteroatoms. The fourth-order valence-electron chi connectivity index (χ4n) is 3.42. The zero-order valence-corrected chi connectivity index (χ0v) is 17.4. The number of benzene rings is 2. The van der Waals surface area contributed by atoms with Gasteiger partial charge in [-0.15, -0.1) is 0 Å². The molecule has 146 valence electrons. The number of para-hydroxylation sites is 1. The predicted molar refractivity (Wildman–Crippen MR) is 116 cm³/mol. The summed E-state index contributed by atoms with van der Waals surface area (Å²) in [5.41, 5.74) is 5.24. The number of carbonyl (C=O) groups excluding carboxylic acids is 1. The van der Waals surface area contributed by atoms with E-state index in [1.165, 1.54) is 12.7 Å². The first-order chi connectivity index (χ1) is 14.1. The highest BCUT2D eigenvalue weighted by molar-refractivity contribution is 7.98. The molecule has 0 unspecified atom stereocenters.